The highest BCUT2D eigenvalue weighted by Gasteiger charge is 2.20. The molecule has 1 aliphatic heterocycles. The summed E-state index contributed by atoms with van der Waals surface area (Å²) in [5.41, 5.74) is 0. The van der Waals surface area contributed by atoms with Crippen molar-refractivity contribution in [1.29, 1.82) is 0 Å². The third kappa shape index (κ3) is 3.69. The molecule has 110 valence electrons. The summed E-state index contributed by atoms with van der Waals surface area (Å²) in [5.74, 6) is 0.906. The van der Waals surface area contributed by atoms with Gasteiger partial charge in [0.2, 0.25) is 23.1 Å². The molecule has 7 nitrogen and oxygen atoms in total. The Morgan fingerprint density at radius 1 is 1.35 bits per heavy atom. The van der Waals surface area contributed by atoms with Crippen LogP contribution >= 0.6 is 11.6 Å². The molecule has 1 aromatic rings. The number of hydrogen-bond donors (Lipinski definition) is 1. The number of carbonyl (C=O) groups excluding carboxylic acids is 1. The summed E-state index contributed by atoms with van der Waals surface area (Å²) < 4.78 is 0. The van der Waals surface area contributed by atoms with E-state index in [9.17, 15) is 4.79 Å². The normalized spacial score (nSPS) is 14.4. The molecule has 1 saturated heterocycles. The lowest BCUT2D eigenvalue weighted by molar-refractivity contribution is -0.128. The SMILES string of the molecule is CCNc1nc(Cl)nc(N(C)CC(=O)N2CCCC2)n1. The summed E-state index contributed by atoms with van der Waals surface area (Å²) in [4.78, 5) is 27.9. The number of amides is 1. The highest BCUT2D eigenvalue weighted by molar-refractivity contribution is 6.28. The van der Waals surface area contributed by atoms with E-state index >= 15 is 0 Å². The molecular weight excluding hydrogens is 280 g/mol. The van der Waals surface area contributed by atoms with E-state index in [1.54, 1.807) is 11.9 Å². The molecule has 0 saturated carbocycles. The van der Waals surface area contributed by atoms with Gasteiger partial charge in [0.25, 0.3) is 0 Å². The van der Waals surface area contributed by atoms with Gasteiger partial charge in [0.05, 0.1) is 6.54 Å². The minimum Gasteiger partial charge on any atom is -0.354 e. The molecule has 1 amide bonds. The van der Waals surface area contributed by atoms with Crippen LogP contribution in [0.15, 0.2) is 0 Å². The fraction of sp³-hybridized carbons (Fsp3) is 0.667. The van der Waals surface area contributed by atoms with E-state index in [4.69, 9.17) is 11.6 Å². The van der Waals surface area contributed by atoms with Crippen LogP contribution in [-0.4, -0.2) is 59.0 Å². The molecule has 0 bridgehead atoms. The van der Waals surface area contributed by atoms with Crippen molar-refractivity contribution in [2.75, 3.05) is 43.4 Å². The van der Waals surface area contributed by atoms with Crippen LogP contribution in [0.5, 0.6) is 0 Å². The minimum absolute atomic E-state index is 0.0894. The number of rotatable bonds is 5. The van der Waals surface area contributed by atoms with Crippen LogP contribution in [0.4, 0.5) is 11.9 Å². The number of likely N-dealkylation sites (N-methyl/N-ethyl adjacent to an activating group) is 1. The first-order valence-corrected chi connectivity index (χ1v) is 7.12. The number of aromatic nitrogens is 3. The van der Waals surface area contributed by atoms with Gasteiger partial charge in [-0.05, 0) is 31.4 Å². The molecule has 2 heterocycles. The van der Waals surface area contributed by atoms with Crippen molar-refractivity contribution in [3.05, 3.63) is 5.28 Å². The maximum atomic E-state index is 12.1. The summed E-state index contributed by atoms with van der Waals surface area (Å²) in [5, 5.41) is 3.10. The molecule has 1 aliphatic rings. The predicted octanol–water partition coefficient (Wildman–Crippen LogP) is 1.02. The molecule has 2 rings (SSSR count). The number of halogens is 1. The van der Waals surface area contributed by atoms with Crippen molar-refractivity contribution in [2.24, 2.45) is 0 Å². The van der Waals surface area contributed by atoms with Crippen LogP contribution < -0.4 is 10.2 Å². The highest BCUT2D eigenvalue weighted by atomic mass is 35.5. The Morgan fingerprint density at radius 2 is 2.05 bits per heavy atom. The molecule has 0 aromatic carbocycles. The molecule has 1 aromatic heterocycles. The number of likely N-dealkylation sites (tertiary alicyclic amines) is 1. The van der Waals surface area contributed by atoms with Crippen LogP contribution in [0.25, 0.3) is 0 Å². The van der Waals surface area contributed by atoms with Crippen LogP contribution in [0.3, 0.4) is 0 Å². The second-order valence-corrected chi connectivity index (χ2v) is 5.04. The third-order valence-corrected chi connectivity index (χ3v) is 3.27. The number of nitrogens with zero attached hydrogens (tertiary/aromatic N) is 5. The van der Waals surface area contributed by atoms with E-state index in [2.05, 4.69) is 20.3 Å². The number of nitrogens with one attached hydrogen (secondary N) is 1. The van der Waals surface area contributed by atoms with Gasteiger partial charge in [-0.25, -0.2) is 0 Å². The molecule has 0 aliphatic carbocycles. The second kappa shape index (κ2) is 6.69. The van der Waals surface area contributed by atoms with Crippen LogP contribution in [-0.2, 0) is 4.79 Å². The van der Waals surface area contributed by atoms with E-state index in [-0.39, 0.29) is 17.7 Å². The van der Waals surface area contributed by atoms with Crippen LogP contribution in [0.1, 0.15) is 19.8 Å². The van der Waals surface area contributed by atoms with Crippen LogP contribution in [0.2, 0.25) is 5.28 Å². The zero-order valence-corrected chi connectivity index (χ0v) is 12.5. The molecule has 8 heteroatoms. The van der Waals surface area contributed by atoms with Crippen molar-refractivity contribution in [1.82, 2.24) is 19.9 Å². The van der Waals surface area contributed by atoms with Gasteiger partial charge in [0.15, 0.2) is 0 Å². The molecule has 0 unspecified atom stereocenters. The monoisotopic (exact) mass is 298 g/mol. The van der Waals surface area contributed by atoms with E-state index in [1.807, 2.05) is 11.8 Å². The summed E-state index contributed by atoms with van der Waals surface area (Å²) in [7, 11) is 1.77. The molecule has 1 N–H and O–H groups in total. The molecular formula is C12H19ClN6O. The topological polar surface area (TPSA) is 74.2 Å². The summed E-state index contributed by atoms with van der Waals surface area (Å²) >= 11 is 5.87. The Kier molecular flexibility index (Phi) is 4.94. The van der Waals surface area contributed by atoms with Gasteiger partial charge < -0.3 is 15.1 Å². The summed E-state index contributed by atoms with van der Waals surface area (Å²) in [6.07, 6.45) is 2.16. The first-order valence-electron chi connectivity index (χ1n) is 6.74. The number of hydrogen-bond acceptors (Lipinski definition) is 6. The van der Waals surface area contributed by atoms with Crippen molar-refractivity contribution in [3.8, 4) is 0 Å². The number of anilines is 2. The van der Waals surface area contributed by atoms with E-state index < -0.39 is 0 Å². The first kappa shape index (κ1) is 14.8. The Morgan fingerprint density at radius 3 is 2.70 bits per heavy atom. The predicted molar refractivity (Wildman–Crippen MR) is 78.1 cm³/mol. The van der Waals surface area contributed by atoms with Gasteiger partial charge in [-0.2, -0.15) is 15.0 Å². The lowest BCUT2D eigenvalue weighted by Crippen LogP contribution is -2.38. The second-order valence-electron chi connectivity index (χ2n) is 4.70. The van der Waals surface area contributed by atoms with E-state index in [0.29, 0.717) is 18.4 Å². The molecule has 0 spiro atoms. The van der Waals surface area contributed by atoms with Crippen molar-refractivity contribution < 1.29 is 4.79 Å². The van der Waals surface area contributed by atoms with Gasteiger partial charge >= 0.3 is 0 Å². The van der Waals surface area contributed by atoms with E-state index in [1.165, 1.54) is 0 Å². The van der Waals surface area contributed by atoms with Crippen molar-refractivity contribution in [2.45, 2.75) is 19.8 Å². The minimum atomic E-state index is 0.0894. The molecule has 0 atom stereocenters. The Hall–Kier alpha value is -1.63. The smallest absolute Gasteiger partial charge is 0.242 e. The van der Waals surface area contributed by atoms with Gasteiger partial charge in [0, 0.05) is 26.7 Å². The fourth-order valence-corrected chi connectivity index (χ4v) is 2.24. The van der Waals surface area contributed by atoms with E-state index in [0.717, 1.165) is 25.9 Å². The van der Waals surface area contributed by atoms with Crippen LogP contribution in [0, 0.1) is 0 Å². The average molecular weight is 299 g/mol. The van der Waals surface area contributed by atoms with Crippen molar-refractivity contribution in [3.63, 3.8) is 0 Å². The maximum absolute atomic E-state index is 12.1. The molecule has 0 radical (unpaired) electrons. The quantitative estimate of drug-likeness (QED) is 0.875. The Balaban J connectivity index is 2.04. The van der Waals surface area contributed by atoms with Gasteiger partial charge in [-0.15, -0.1) is 0 Å². The average Bonchev–Trinajstić information content (AvgIpc) is 2.92. The molecule has 20 heavy (non-hydrogen) atoms. The maximum Gasteiger partial charge on any atom is 0.242 e. The number of carbonyl (C=O) groups is 1. The zero-order valence-electron chi connectivity index (χ0n) is 11.8. The zero-order chi connectivity index (χ0) is 14.5. The fourth-order valence-electron chi connectivity index (χ4n) is 2.09. The van der Waals surface area contributed by atoms with Gasteiger partial charge in [-0.3, -0.25) is 4.79 Å². The standard InChI is InChI=1S/C12H19ClN6O/c1-3-14-11-15-10(13)16-12(17-11)18(2)8-9(20)19-6-4-5-7-19/h3-8H2,1-2H3,(H,14,15,16,17). The van der Waals surface area contributed by atoms with Gasteiger partial charge in [-0.1, -0.05) is 0 Å². The summed E-state index contributed by atoms with van der Waals surface area (Å²) in [6.45, 7) is 4.56. The first-order chi connectivity index (χ1) is 9.60. The largest absolute Gasteiger partial charge is 0.354 e. The lowest BCUT2D eigenvalue weighted by atomic mass is 10.4. The Labute approximate surface area is 123 Å². The van der Waals surface area contributed by atoms with Gasteiger partial charge in [0.1, 0.15) is 0 Å². The van der Waals surface area contributed by atoms with Crippen molar-refractivity contribution >= 4 is 29.4 Å². The molecule has 1 fully saturated rings. The lowest BCUT2D eigenvalue weighted by Gasteiger charge is -2.21. The summed E-state index contributed by atoms with van der Waals surface area (Å²) in [6, 6.07) is 0. The third-order valence-electron chi connectivity index (χ3n) is 3.10. The Bertz CT molecular complexity index is 477. The highest BCUT2D eigenvalue weighted by Crippen LogP contribution is 2.14.